The molecule has 0 radical (unpaired) electrons. The number of sulfonamides is 1. The minimum Gasteiger partial charge on any atom is -0.481 e. The Balaban J connectivity index is 1.81. The van der Waals surface area contributed by atoms with Gasteiger partial charge in [0, 0.05) is 23.0 Å². The Kier molecular flexibility index (Phi) is 6.17. The zero-order valence-corrected chi connectivity index (χ0v) is 16.6. The van der Waals surface area contributed by atoms with E-state index in [-0.39, 0.29) is 17.4 Å². The summed E-state index contributed by atoms with van der Waals surface area (Å²) in [6, 6.07) is 9.14. The summed E-state index contributed by atoms with van der Waals surface area (Å²) in [4.78, 5) is 22.3. The Morgan fingerprint density at radius 3 is 2.61 bits per heavy atom. The molecule has 0 bridgehead atoms. The van der Waals surface area contributed by atoms with Crippen molar-refractivity contribution in [2.75, 3.05) is 0 Å². The van der Waals surface area contributed by atoms with Crippen LogP contribution in [0.1, 0.15) is 39.9 Å². The van der Waals surface area contributed by atoms with Crippen molar-refractivity contribution in [2.45, 2.75) is 43.0 Å². The van der Waals surface area contributed by atoms with Gasteiger partial charge in [-0.05, 0) is 78.8 Å². The van der Waals surface area contributed by atoms with Crippen molar-refractivity contribution in [2.24, 2.45) is 0 Å². The molecule has 0 fully saturated rings. The second-order valence-corrected chi connectivity index (χ2v) is 8.99. The minimum absolute atomic E-state index is 0.0125. The normalized spacial score (nSPS) is 16.4. The van der Waals surface area contributed by atoms with E-state index in [0.717, 1.165) is 23.0 Å². The summed E-state index contributed by atoms with van der Waals surface area (Å²) in [7, 11) is -3.68. The highest BCUT2D eigenvalue weighted by Gasteiger charge is 2.26. The lowest BCUT2D eigenvalue weighted by molar-refractivity contribution is -0.136. The molecule has 0 heterocycles. The van der Waals surface area contributed by atoms with Gasteiger partial charge in [0.1, 0.15) is 6.29 Å². The topological polar surface area (TPSA) is 101 Å². The van der Waals surface area contributed by atoms with E-state index in [2.05, 4.69) is 4.72 Å². The van der Waals surface area contributed by atoms with E-state index in [4.69, 9.17) is 16.7 Å². The number of hydrogen-bond donors (Lipinski definition) is 2. The predicted octanol–water partition coefficient (Wildman–Crippen LogP) is 3.01. The number of aldehydes is 1. The van der Waals surface area contributed by atoms with Crippen LogP contribution in [0.4, 0.5) is 0 Å². The van der Waals surface area contributed by atoms with Crippen LogP contribution in [0.3, 0.4) is 0 Å². The number of nitrogens with one attached hydrogen (secondary N) is 1. The van der Waals surface area contributed by atoms with Gasteiger partial charge in [-0.25, -0.2) is 13.1 Å². The molecule has 1 unspecified atom stereocenters. The van der Waals surface area contributed by atoms with Gasteiger partial charge in [-0.1, -0.05) is 11.6 Å². The fraction of sp³-hybridized carbons (Fsp3) is 0.300. The molecule has 2 aromatic carbocycles. The van der Waals surface area contributed by atoms with E-state index in [0.29, 0.717) is 36.3 Å². The van der Waals surface area contributed by atoms with E-state index in [1.165, 1.54) is 24.3 Å². The molecule has 6 nitrogen and oxygen atoms in total. The lowest BCUT2D eigenvalue weighted by atomic mass is 9.83. The van der Waals surface area contributed by atoms with Gasteiger partial charge in [0.2, 0.25) is 10.0 Å². The zero-order valence-electron chi connectivity index (χ0n) is 15.0. The maximum Gasteiger partial charge on any atom is 0.303 e. The maximum atomic E-state index is 12.6. The second kappa shape index (κ2) is 8.43. The number of aryl methyl sites for hydroxylation is 1. The third kappa shape index (κ3) is 4.79. The van der Waals surface area contributed by atoms with E-state index in [9.17, 15) is 18.0 Å². The third-order valence-electron chi connectivity index (χ3n) is 4.86. The summed E-state index contributed by atoms with van der Waals surface area (Å²) in [6.45, 7) is 0. The van der Waals surface area contributed by atoms with Gasteiger partial charge in [0.15, 0.2) is 0 Å². The first kappa shape index (κ1) is 20.5. The summed E-state index contributed by atoms with van der Waals surface area (Å²) >= 11 is 5.82. The highest BCUT2D eigenvalue weighted by atomic mass is 35.5. The molecule has 1 atom stereocenters. The average molecular weight is 422 g/mol. The van der Waals surface area contributed by atoms with Crippen molar-refractivity contribution in [3.63, 3.8) is 0 Å². The molecule has 28 heavy (non-hydrogen) atoms. The molecule has 3 rings (SSSR count). The number of carbonyl (C=O) groups excluding carboxylic acids is 1. The number of benzene rings is 2. The monoisotopic (exact) mass is 421 g/mol. The van der Waals surface area contributed by atoms with Crippen LogP contribution in [0, 0.1) is 0 Å². The molecule has 1 aliphatic carbocycles. The number of carboxylic acids is 1. The molecule has 1 aliphatic rings. The molecule has 0 saturated heterocycles. The molecule has 2 aromatic rings. The largest absolute Gasteiger partial charge is 0.481 e. The van der Waals surface area contributed by atoms with Crippen molar-refractivity contribution in [1.82, 2.24) is 4.72 Å². The van der Waals surface area contributed by atoms with Crippen molar-refractivity contribution in [3.8, 4) is 0 Å². The summed E-state index contributed by atoms with van der Waals surface area (Å²) in [5, 5.41) is 9.40. The number of aliphatic carboxylic acids is 1. The van der Waals surface area contributed by atoms with Gasteiger partial charge in [-0.15, -0.1) is 0 Å². The summed E-state index contributed by atoms with van der Waals surface area (Å²) in [6.07, 6.45) is 2.73. The number of carbonyl (C=O) groups is 2. The molecular weight excluding hydrogens is 402 g/mol. The van der Waals surface area contributed by atoms with Gasteiger partial charge in [0.05, 0.1) is 4.90 Å². The number of carboxylic acid groups (broad SMARTS) is 1. The van der Waals surface area contributed by atoms with Gasteiger partial charge in [0.25, 0.3) is 0 Å². The van der Waals surface area contributed by atoms with Gasteiger partial charge in [-0.2, -0.15) is 0 Å². The zero-order chi connectivity index (χ0) is 20.3. The van der Waals surface area contributed by atoms with Crippen LogP contribution in [-0.2, 0) is 34.1 Å². The van der Waals surface area contributed by atoms with Gasteiger partial charge < -0.3 is 5.11 Å². The predicted molar refractivity (Wildman–Crippen MR) is 105 cm³/mol. The lowest BCUT2D eigenvalue weighted by Crippen LogP contribution is -2.39. The van der Waals surface area contributed by atoms with E-state index >= 15 is 0 Å². The molecule has 8 heteroatoms. The number of hydrogen-bond acceptors (Lipinski definition) is 4. The number of fused-ring (bicyclic) bond motifs is 1. The smallest absolute Gasteiger partial charge is 0.303 e. The molecule has 0 spiro atoms. The van der Waals surface area contributed by atoms with E-state index in [1.54, 1.807) is 12.1 Å². The highest BCUT2D eigenvalue weighted by Crippen LogP contribution is 2.28. The second-order valence-electron chi connectivity index (χ2n) is 6.84. The van der Waals surface area contributed by atoms with E-state index in [1.807, 2.05) is 0 Å². The van der Waals surface area contributed by atoms with Crippen LogP contribution >= 0.6 is 11.6 Å². The maximum absolute atomic E-state index is 12.6. The molecule has 0 aromatic heterocycles. The van der Waals surface area contributed by atoms with Gasteiger partial charge >= 0.3 is 5.97 Å². The van der Waals surface area contributed by atoms with Gasteiger partial charge in [-0.3, -0.25) is 9.59 Å². The summed E-state index contributed by atoms with van der Waals surface area (Å²) in [5.74, 6) is -0.894. The first-order chi connectivity index (χ1) is 13.3. The Morgan fingerprint density at radius 1 is 1.25 bits per heavy atom. The Hall–Kier alpha value is -2.22. The lowest BCUT2D eigenvalue weighted by Gasteiger charge is -2.27. The van der Waals surface area contributed by atoms with Crippen molar-refractivity contribution in [1.29, 1.82) is 0 Å². The Labute approximate surface area is 168 Å². The van der Waals surface area contributed by atoms with Crippen LogP contribution in [0.5, 0.6) is 0 Å². The van der Waals surface area contributed by atoms with Crippen LogP contribution < -0.4 is 4.72 Å². The molecule has 0 saturated carbocycles. The van der Waals surface area contributed by atoms with Crippen LogP contribution in [0.15, 0.2) is 41.3 Å². The van der Waals surface area contributed by atoms with E-state index < -0.39 is 16.0 Å². The first-order valence-corrected chi connectivity index (χ1v) is 10.7. The molecule has 2 N–H and O–H groups in total. The van der Waals surface area contributed by atoms with Crippen LogP contribution in [0.2, 0.25) is 5.02 Å². The Morgan fingerprint density at radius 2 is 1.96 bits per heavy atom. The van der Waals surface area contributed by atoms with Crippen LogP contribution in [-0.4, -0.2) is 31.8 Å². The standard InChI is InChI=1S/C20H20ClNO5S/c21-16-2-5-18(6-3-16)28(26,27)22-17-4-7-19-14(1-8-20(24)25)9-13(12-23)10-15(19)11-17/h2-3,5-6,9-10,12,17,22H,1,4,7-8,11H2,(H,24,25). The average Bonchev–Trinajstić information content (AvgIpc) is 2.65. The van der Waals surface area contributed by atoms with Crippen molar-refractivity contribution in [3.05, 3.63) is 63.7 Å². The summed E-state index contributed by atoms with van der Waals surface area (Å²) < 4.78 is 28.0. The fourth-order valence-electron chi connectivity index (χ4n) is 3.55. The Bertz CT molecular complexity index is 1000. The number of halogens is 1. The SMILES string of the molecule is O=Cc1cc(CCC(=O)O)c2c(c1)CC(NS(=O)(=O)c1ccc(Cl)cc1)CC2. The molecule has 148 valence electrons. The summed E-state index contributed by atoms with van der Waals surface area (Å²) in [5.41, 5.74) is 3.23. The van der Waals surface area contributed by atoms with Crippen molar-refractivity contribution < 1.29 is 23.1 Å². The van der Waals surface area contributed by atoms with Crippen LogP contribution in [0.25, 0.3) is 0 Å². The molecule has 0 amide bonds. The highest BCUT2D eigenvalue weighted by molar-refractivity contribution is 7.89. The molecular formula is C20H20ClNO5S. The third-order valence-corrected chi connectivity index (χ3v) is 6.64. The number of rotatable bonds is 7. The minimum atomic E-state index is -3.68. The first-order valence-electron chi connectivity index (χ1n) is 8.88. The fourth-order valence-corrected chi connectivity index (χ4v) is 4.94. The van der Waals surface area contributed by atoms with Crippen molar-refractivity contribution >= 4 is 33.9 Å². The molecule has 0 aliphatic heterocycles. The quantitative estimate of drug-likeness (QED) is 0.669.